The quantitative estimate of drug-likeness (QED) is 0.369. The Hall–Kier alpha value is -2.92. The molecule has 4 atom stereocenters. The minimum Gasteiger partial charge on any atom is -0.497 e. The van der Waals surface area contributed by atoms with Gasteiger partial charge in [-0.1, -0.05) is 41.8 Å². The van der Waals surface area contributed by atoms with E-state index in [0.29, 0.717) is 57.6 Å². The summed E-state index contributed by atoms with van der Waals surface area (Å²) >= 11 is 14.5. The van der Waals surface area contributed by atoms with E-state index in [0.717, 1.165) is 24.8 Å². The first-order valence-electron chi connectivity index (χ1n) is 14.7. The normalized spacial score (nSPS) is 24.2. The van der Waals surface area contributed by atoms with Crippen LogP contribution in [0.5, 0.6) is 5.75 Å². The molecular weight excluding hydrogens is 609 g/mol. The molecule has 3 aromatic rings. The van der Waals surface area contributed by atoms with Gasteiger partial charge in [0.15, 0.2) is 5.78 Å². The van der Waals surface area contributed by atoms with Gasteiger partial charge >= 0.3 is 0 Å². The molecule has 3 fully saturated rings. The number of benzene rings is 1. The Morgan fingerprint density at radius 3 is 2.40 bits per heavy atom. The number of methoxy groups -OCH3 is 1. The van der Waals surface area contributed by atoms with Crippen molar-refractivity contribution < 1.29 is 19.1 Å². The molecule has 1 aliphatic carbocycles. The number of piperazine rings is 1. The Morgan fingerprint density at radius 2 is 1.81 bits per heavy atom. The van der Waals surface area contributed by atoms with Crippen LogP contribution in [0.15, 0.2) is 36.4 Å². The maximum atomic E-state index is 14.8. The van der Waals surface area contributed by atoms with E-state index in [1.165, 1.54) is 11.3 Å². The van der Waals surface area contributed by atoms with Crippen LogP contribution in [0.4, 0.5) is 0 Å². The third-order valence-corrected chi connectivity index (χ3v) is 10.8. The predicted molar refractivity (Wildman–Crippen MR) is 166 cm³/mol. The number of likely N-dealkylation sites (tertiary alicyclic amines) is 1. The molecule has 1 N–H and O–H groups in total. The molecular formula is C31H35Cl2N5O4S. The number of aryl methyl sites for hydroxylation is 2. The number of nitrogens with zero attached hydrogens (tertiary/aromatic N) is 4. The van der Waals surface area contributed by atoms with Crippen LogP contribution in [-0.2, 0) is 16.6 Å². The van der Waals surface area contributed by atoms with Crippen molar-refractivity contribution in [3.8, 4) is 5.75 Å². The highest BCUT2D eigenvalue weighted by Gasteiger charge is 2.60. The molecule has 1 saturated carbocycles. The van der Waals surface area contributed by atoms with E-state index in [4.69, 9.17) is 27.9 Å². The lowest BCUT2D eigenvalue weighted by Gasteiger charge is -2.39. The maximum Gasteiger partial charge on any atom is 0.246 e. The van der Waals surface area contributed by atoms with Gasteiger partial charge in [0.25, 0.3) is 0 Å². The molecule has 2 saturated heterocycles. The average molecular weight is 645 g/mol. The third kappa shape index (κ3) is 5.36. The summed E-state index contributed by atoms with van der Waals surface area (Å²) in [5.41, 5.74) is 1.97. The molecule has 3 aliphatic rings. The van der Waals surface area contributed by atoms with Crippen molar-refractivity contribution in [2.45, 2.75) is 44.2 Å². The maximum absolute atomic E-state index is 14.8. The number of amides is 2. The number of thiophene rings is 1. The van der Waals surface area contributed by atoms with E-state index in [1.807, 2.05) is 36.1 Å². The van der Waals surface area contributed by atoms with Crippen molar-refractivity contribution in [1.29, 1.82) is 0 Å². The van der Waals surface area contributed by atoms with Crippen LogP contribution in [0.3, 0.4) is 0 Å². The molecule has 0 spiro atoms. The number of halogens is 2. The largest absolute Gasteiger partial charge is 0.497 e. The number of Topliss-reactive ketones (excluding diaryl/α,β-unsaturated/α-hetero) is 1. The first kappa shape index (κ1) is 30.1. The Labute approximate surface area is 265 Å². The number of aromatic nitrogens is 2. The molecule has 2 aromatic heterocycles. The molecule has 9 nitrogen and oxygen atoms in total. The van der Waals surface area contributed by atoms with E-state index >= 15 is 0 Å². The summed E-state index contributed by atoms with van der Waals surface area (Å²) in [6.07, 6.45) is 2.45. The van der Waals surface area contributed by atoms with Gasteiger partial charge < -0.3 is 19.9 Å². The highest BCUT2D eigenvalue weighted by atomic mass is 35.5. The molecule has 0 radical (unpaired) electrons. The van der Waals surface area contributed by atoms with Crippen molar-refractivity contribution in [2.75, 3.05) is 33.3 Å². The molecule has 12 heteroatoms. The van der Waals surface area contributed by atoms with Crippen LogP contribution < -0.4 is 10.1 Å². The van der Waals surface area contributed by atoms with Crippen molar-refractivity contribution in [2.24, 2.45) is 18.9 Å². The molecule has 43 heavy (non-hydrogen) atoms. The molecule has 1 aromatic carbocycles. The van der Waals surface area contributed by atoms with Gasteiger partial charge in [-0.25, -0.2) is 0 Å². The third-order valence-electron chi connectivity index (χ3n) is 9.15. The Balaban J connectivity index is 1.62. The number of ketones is 1. The van der Waals surface area contributed by atoms with Gasteiger partial charge in [-0.15, -0.1) is 11.3 Å². The highest BCUT2D eigenvalue weighted by molar-refractivity contribution is 7.18. The zero-order chi connectivity index (χ0) is 30.4. The van der Waals surface area contributed by atoms with Crippen LogP contribution >= 0.6 is 34.5 Å². The number of rotatable bonds is 7. The summed E-state index contributed by atoms with van der Waals surface area (Å²) in [7, 11) is 3.33. The van der Waals surface area contributed by atoms with E-state index in [1.54, 1.807) is 35.9 Å². The summed E-state index contributed by atoms with van der Waals surface area (Å²) in [5.74, 6) is -1.57. The van der Waals surface area contributed by atoms with Crippen LogP contribution in [-0.4, -0.2) is 76.5 Å². The second-order valence-electron chi connectivity index (χ2n) is 11.5. The number of carbonyl (C=O) groups is 3. The summed E-state index contributed by atoms with van der Waals surface area (Å²) < 4.78 is 7.63. The van der Waals surface area contributed by atoms with E-state index in [-0.39, 0.29) is 23.5 Å². The second kappa shape index (κ2) is 12.2. The molecule has 2 aliphatic heterocycles. The fourth-order valence-electron chi connectivity index (χ4n) is 6.85. The van der Waals surface area contributed by atoms with Gasteiger partial charge in [0.05, 0.1) is 34.0 Å². The second-order valence-corrected chi connectivity index (χ2v) is 13.6. The molecule has 0 bridgehead atoms. The number of nitrogens with one attached hydrogen (secondary N) is 1. The molecule has 6 rings (SSSR count). The lowest BCUT2D eigenvalue weighted by atomic mass is 9.77. The molecule has 4 unspecified atom stereocenters. The topological polar surface area (TPSA) is 96.8 Å². The van der Waals surface area contributed by atoms with E-state index in [9.17, 15) is 14.4 Å². The fraction of sp³-hybridized carbons (Fsp3) is 0.484. The first-order valence-corrected chi connectivity index (χ1v) is 16.2. The summed E-state index contributed by atoms with van der Waals surface area (Å²) in [5, 5.41) is 8.23. The van der Waals surface area contributed by atoms with Crippen LogP contribution in [0, 0.1) is 18.8 Å². The lowest BCUT2D eigenvalue weighted by Crippen LogP contribution is -2.56. The van der Waals surface area contributed by atoms with Crippen molar-refractivity contribution in [3.05, 3.63) is 67.6 Å². The number of carbonyl (C=O) groups excluding carboxylic acids is 3. The summed E-state index contributed by atoms with van der Waals surface area (Å²) in [4.78, 5) is 48.1. The Morgan fingerprint density at radius 1 is 1.07 bits per heavy atom. The van der Waals surface area contributed by atoms with Crippen molar-refractivity contribution in [3.63, 3.8) is 0 Å². The van der Waals surface area contributed by atoms with Crippen LogP contribution in [0.2, 0.25) is 9.49 Å². The SMILES string of the molecule is COc1cccc(C2C(C(=O)c3ccc(Cl)s3)C(c3c(C)nn(C)c3Cl)N(C(=O)C3CCC3)C2C(=O)N2CCNCC2)c1. The first-order chi connectivity index (χ1) is 20.7. The van der Waals surface area contributed by atoms with Crippen LogP contribution in [0.25, 0.3) is 0 Å². The van der Waals surface area contributed by atoms with Crippen molar-refractivity contribution >= 4 is 52.1 Å². The molecule has 2 amide bonds. The zero-order valence-corrected chi connectivity index (χ0v) is 26.7. The monoisotopic (exact) mass is 643 g/mol. The highest BCUT2D eigenvalue weighted by Crippen LogP contribution is 2.55. The predicted octanol–water partition coefficient (Wildman–Crippen LogP) is 4.87. The average Bonchev–Trinajstić information content (AvgIpc) is 3.64. The van der Waals surface area contributed by atoms with Gasteiger partial charge in [-0.3, -0.25) is 19.1 Å². The van der Waals surface area contributed by atoms with Gasteiger partial charge in [-0.05, 0) is 49.6 Å². The Bertz CT molecular complexity index is 1550. The number of ether oxygens (including phenoxy) is 1. The number of hydrogen-bond donors (Lipinski definition) is 1. The Kier molecular flexibility index (Phi) is 8.56. The standard InChI is InChI=1S/C31H35Cl2N5O4S/c1-17-23(29(33)36(2)35-17)26-25(28(39)21-10-11-22(32)43-21)24(19-8-5-9-20(16-19)42-3)27(31(41)37-14-12-34-13-15-37)38(26)30(40)18-6-4-7-18/h5,8-11,16,18,24-27,34H,4,6-7,12-15H2,1-3H3. The minimum atomic E-state index is -0.927. The van der Waals surface area contributed by atoms with Gasteiger partial charge in [0.2, 0.25) is 11.8 Å². The van der Waals surface area contributed by atoms with Gasteiger partial charge in [0.1, 0.15) is 16.9 Å². The minimum absolute atomic E-state index is 0.114. The zero-order valence-electron chi connectivity index (χ0n) is 24.4. The van der Waals surface area contributed by atoms with Gasteiger partial charge in [0, 0.05) is 50.6 Å². The van der Waals surface area contributed by atoms with Crippen LogP contribution in [0.1, 0.15) is 57.7 Å². The van der Waals surface area contributed by atoms with Crippen molar-refractivity contribution in [1.82, 2.24) is 24.9 Å². The number of hydrogen-bond acceptors (Lipinski definition) is 7. The fourth-order valence-corrected chi connectivity index (χ4v) is 8.17. The molecule has 4 heterocycles. The van der Waals surface area contributed by atoms with E-state index in [2.05, 4.69) is 10.4 Å². The smallest absolute Gasteiger partial charge is 0.246 e. The summed E-state index contributed by atoms with van der Waals surface area (Å²) in [6.45, 7) is 4.19. The lowest BCUT2D eigenvalue weighted by molar-refractivity contribution is -0.150. The molecule has 228 valence electrons. The van der Waals surface area contributed by atoms with E-state index < -0.39 is 23.9 Å². The summed E-state index contributed by atoms with van der Waals surface area (Å²) in [6, 6.07) is 9.16. The van der Waals surface area contributed by atoms with Gasteiger partial charge in [-0.2, -0.15) is 5.10 Å².